The van der Waals surface area contributed by atoms with Gasteiger partial charge in [-0.2, -0.15) is 0 Å². The fourth-order valence-electron chi connectivity index (χ4n) is 3.30. The molecule has 1 saturated heterocycles. The van der Waals surface area contributed by atoms with E-state index in [1.54, 1.807) is 0 Å². The van der Waals surface area contributed by atoms with Gasteiger partial charge in [-0.25, -0.2) is 0 Å². The van der Waals surface area contributed by atoms with Crippen LogP contribution in [0.5, 0.6) is 0 Å². The van der Waals surface area contributed by atoms with E-state index in [1.165, 1.54) is 10.2 Å². The summed E-state index contributed by atoms with van der Waals surface area (Å²) in [5, 5.41) is 3.33. The van der Waals surface area contributed by atoms with Gasteiger partial charge in [0.1, 0.15) is 0 Å². The number of nitrogens with one attached hydrogen (secondary N) is 1. The number of likely N-dealkylation sites (N-methyl/N-ethyl adjacent to an activating group) is 2. The van der Waals surface area contributed by atoms with Crippen LogP contribution in [0.4, 0.5) is 5.69 Å². The van der Waals surface area contributed by atoms with Gasteiger partial charge in [0.15, 0.2) is 0 Å². The van der Waals surface area contributed by atoms with Crippen molar-refractivity contribution in [2.24, 2.45) is 0 Å². The minimum absolute atomic E-state index is 0.123. The van der Waals surface area contributed by atoms with E-state index < -0.39 is 0 Å². The molecule has 106 valence electrons. The third-order valence-electron chi connectivity index (χ3n) is 3.75. The molecular formula is C15H24BrN3. The molecule has 1 heterocycles. The number of piperazine rings is 1. The second kappa shape index (κ2) is 5.81. The summed E-state index contributed by atoms with van der Waals surface area (Å²) in [4.78, 5) is 4.99. The van der Waals surface area contributed by atoms with Crippen LogP contribution in [0.1, 0.15) is 13.8 Å². The van der Waals surface area contributed by atoms with Crippen molar-refractivity contribution in [3.05, 3.63) is 28.7 Å². The van der Waals surface area contributed by atoms with Crippen molar-refractivity contribution in [2.45, 2.75) is 25.4 Å². The molecule has 0 bridgehead atoms. The molecule has 4 heteroatoms. The highest BCUT2D eigenvalue weighted by Crippen LogP contribution is 2.35. The Morgan fingerprint density at radius 1 is 1.37 bits per heavy atom. The van der Waals surface area contributed by atoms with Crippen molar-refractivity contribution < 1.29 is 0 Å². The highest BCUT2D eigenvalue weighted by Gasteiger charge is 2.39. The Hall–Kier alpha value is -0.580. The molecule has 0 radical (unpaired) electrons. The fourth-order valence-corrected chi connectivity index (χ4v) is 3.77. The lowest BCUT2D eigenvalue weighted by atomic mass is 9.94. The number of halogens is 1. The first kappa shape index (κ1) is 14.8. The molecule has 1 aromatic carbocycles. The third kappa shape index (κ3) is 3.12. The molecule has 1 atom stereocenters. The van der Waals surface area contributed by atoms with Gasteiger partial charge in [-0.05, 0) is 56.0 Å². The molecule has 1 aliphatic rings. The Bertz CT molecular complexity index is 433. The Morgan fingerprint density at radius 2 is 2.05 bits per heavy atom. The van der Waals surface area contributed by atoms with Crippen LogP contribution in [0.2, 0.25) is 0 Å². The molecule has 1 N–H and O–H groups in total. The maximum Gasteiger partial charge on any atom is 0.0547 e. The molecular weight excluding hydrogens is 302 g/mol. The second-order valence-corrected chi connectivity index (χ2v) is 6.90. The SMILES string of the molecule is CNCC1CN(C)CC(C)(C)N1c1ccccc1Br. The van der Waals surface area contributed by atoms with E-state index in [0.29, 0.717) is 6.04 Å². The van der Waals surface area contributed by atoms with Gasteiger partial charge in [-0.1, -0.05) is 12.1 Å². The van der Waals surface area contributed by atoms with Gasteiger partial charge in [0, 0.05) is 29.6 Å². The Labute approximate surface area is 125 Å². The fraction of sp³-hybridized carbons (Fsp3) is 0.600. The molecule has 0 aliphatic carbocycles. The van der Waals surface area contributed by atoms with E-state index >= 15 is 0 Å². The van der Waals surface area contributed by atoms with Crippen molar-refractivity contribution in [3.63, 3.8) is 0 Å². The smallest absolute Gasteiger partial charge is 0.0547 e. The summed E-state index contributed by atoms with van der Waals surface area (Å²) in [6, 6.07) is 9.01. The largest absolute Gasteiger partial charge is 0.359 e. The van der Waals surface area contributed by atoms with Crippen LogP contribution in [0.25, 0.3) is 0 Å². The zero-order chi connectivity index (χ0) is 14.0. The van der Waals surface area contributed by atoms with Crippen LogP contribution >= 0.6 is 15.9 Å². The van der Waals surface area contributed by atoms with Gasteiger partial charge >= 0.3 is 0 Å². The van der Waals surface area contributed by atoms with Gasteiger partial charge in [0.05, 0.1) is 11.7 Å². The summed E-state index contributed by atoms with van der Waals surface area (Å²) in [6.07, 6.45) is 0. The zero-order valence-corrected chi connectivity index (χ0v) is 13.9. The molecule has 0 amide bonds. The number of nitrogens with zero attached hydrogens (tertiary/aromatic N) is 2. The first-order chi connectivity index (χ1) is 8.95. The number of rotatable bonds is 3. The monoisotopic (exact) mass is 325 g/mol. The van der Waals surface area contributed by atoms with Crippen molar-refractivity contribution >= 4 is 21.6 Å². The average molecular weight is 326 g/mol. The summed E-state index contributed by atoms with van der Waals surface area (Å²) in [5.41, 5.74) is 1.42. The van der Waals surface area contributed by atoms with Gasteiger partial charge in [-0.15, -0.1) is 0 Å². The predicted molar refractivity (Wildman–Crippen MR) is 85.9 cm³/mol. The number of benzene rings is 1. The zero-order valence-electron chi connectivity index (χ0n) is 12.3. The summed E-state index contributed by atoms with van der Waals surface area (Å²) in [7, 11) is 4.24. The Balaban J connectivity index is 2.39. The first-order valence-corrected chi connectivity index (χ1v) is 7.62. The molecule has 0 saturated carbocycles. The minimum atomic E-state index is 0.123. The second-order valence-electron chi connectivity index (χ2n) is 6.04. The van der Waals surface area contributed by atoms with E-state index in [2.05, 4.69) is 76.2 Å². The molecule has 0 aromatic heterocycles. The van der Waals surface area contributed by atoms with E-state index in [-0.39, 0.29) is 5.54 Å². The maximum atomic E-state index is 3.70. The first-order valence-electron chi connectivity index (χ1n) is 6.83. The lowest BCUT2D eigenvalue weighted by Crippen LogP contribution is -2.65. The molecule has 1 fully saturated rings. The molecule has 1 unspecified atom stereocenters. The number of hydrogen-bond acceptors (Lipinski definition) is 3. The molecule has 2 rings (SSSR count). The van der Waals surface area contributed by atoms with E-state index in [9.17, 15) is 0 Å². The number of para-hydroxylation sites is 1. The molecule has 0 spiro atoms. The third-order valence-corrected chi connectivity index (χ3v) is 4.42. The van der Waals surface area contributed by atoms with Crippen LogP contribution in [0.15, 0.2) is 28.7 Å². The van der Waals surface area contributed by atoms with Gasteiger partial charge in [0.25, 0.3) is 0 Å². The van der Waals surface area contributed by atoms with Crippen molar-refractivity contribution in [1.29, 1.82) is 0 Å². The predicted octanol–water partition coefficient (Wildman–Crippen LogP) is 2.57. The summed E-state index contributed by atoms with van der Waals surface area (Å²) < 4.78 is 1.17. The van der Waals surface area contributed by atoms with Gasteiger partial charge in [0.2, 0.25) is 0 Å². The van der Waals surface area contributed by atoms with Gasteiger partial charge in [-0.3, -0.25) is 0 Å². The number of anilines is 1. The van der Waals surface area contributed by atoms with Gasteiger partial charge < -0.3 is 15.1 Å². The summed E-state index contributed by atoms with van der Waals surface area (Å²) in [6.45, 7) is 7.81. The molecule has 3 nitrogen and oxygen atoms in total. The Kier molecular flexibility index (Phi) is 4.54. The van der Waals surface area contributed by atoms with E-state index in [1.807, 2.05) is 7.05 Å². The highest BCUT2D eigenvalue weighted by molar-refractivity contribution is 9.10. The minimum Gasteiger partial charge on any atom is -0.359 e. The maximum absolute atomic E-state index is 3.70. The highest BCUT2D eigenvalue weighted by atomic mass is 79.9. The quantitative estimate of drug-likeness (QED) is 0.921. The Morgan fingerprint density at radius 3 is 2.68 bits per heavy atom. The topological polar surface area (TPSA) is 18.5 Å². The van der Waals surface area contributed by atoms with Crippen LogP contribution in [-0.2, 0) is 0 Å². The lowest BCUT2D eigenvalue weighted by molar-refractivity contribution is 0.179. The molecule has 1 aromatic rings. The van der Waals surface area contributed by atoms with Crippen LogP contribution in [0.3, 0.4) is 0 Å². The standard InChI is InChI=1S/C15H24BrN3/c1-15(2)11-18(4)10-12(9-17-3)19(15)14-8-6-5-7-13(14)16/h5-8,12,17H,9-11H2,1-4H3. The summed E-state index contributed by atoms with van der Waals surface area (Å²) in [5.74, 6) is 0. The van der Waals surface area contributed by atoms with Crippen LogP contribution in [-0.4, -0.2) is 50.2 Å². The number of hydrogen-bond donors (Lipinski definition) is 1. The van der Waals surface area contributed by atoms with Crippen LogP contribution in [0, 0.1) is 0 Å². The average Bonchev–Trinajstić information content (AvgIpc) is 2.29. The molecule has 1 aliphatic heterocycles. The van der Waals surface area contributed by atoms with Crippen molar-refractivity contribution in [1.82, 2.24) is 10.2 Å². The molecule has 19 heavy (non-hydrogen) atoms. The lowest BCUT2D eigenvalue weighted by Gasteiger charge is -2.52. The van der Waals surface area contributed by atoms with E-state index in [4.69, 9.17) is 0 Å². The van der Waals surface area contributed by atoms with Crippen LogP contribution < -0.4 is 10.2 Å². The summed E-state index contributed by atoms with van der Waals surface area (Å²) >= 11 is 3.70. The normalized spacial score (nSPS) is 23.6. The van der Waals surface area contributed by atoms with Crippen molar-refractivity contribution in [3.8, 4) is 0 Å². The van der Waals surface area contributed by atoms with E-state index in [0.717, 1.165) is 19.6 Å². The van der Waals surface area contributed by atoms with Crippen molar-refractivity contribution in [2.75, 3.05) is 38.6 Å².